The van der Waals surface area contributed by atoms with Crippen molar-refractivity contribution in [3.8, 4) is 22.8 Å². The molecule has 3 aromatic rings. The second-order valence-electron chi connectivity index (χ2n) is 9.67. The number of pyridine rings is 1. The Hall–Kier alpha value is -3.59. The number of methoxy groups -OCH3 is 1. The molecule has 9 heteroatoms. The first-order valence-electron chi connectivity index (χ1n) is 12.6. The van der Waals surface area contributed by atoms with Gasteiger partial charge in [0.15, 0.2) is 11.6 Å². The molecule has 1 unspecified atom stereocenters. The normalized spacial score (nSPS) is 21.7. The smallest absolute Gasteiger partial charge is 0.255 e. The summed E-state index contributed by atoms with van der Waals surface area (Å²) >= 11 is 0. The van der Waals surface area contributed by atoms with E-state index in [0.717, 1.165) is 43.6 Å². The molecule has 8 nitrogen and oxygen atoms in total. The number of anilines is 2. The summed E-state index contributed by atoms with van der Waals surface area (Å²) < 4.78 is 26.2. The third kappa shape index (κ3) is 3.97. The van der Waals surface area contributed by atoms with E-state index in [-0.39, 0.29) is 17.6 Å². The number of H-pyrrole nitrogens is 1. The molecule has 1 fully saturated rings. The van der Waals surface area contributed by atoms with Gasteiger partial charge in [0.25, 0.3) is 5.91 Å². The number of rotatable bonds is 3. The second kappa shape index (κ2) is 9.46. The Labute approximate surface area is 209 Å². The van der Waals surface area contributed by atoms with Crippen molar-refractivity contribution in [1.82, 2.24) is 20.2 Å². The average molecular weight is 492 g/mol. The summed E-state index contributed by atoms with van der Waals surface area (Å²) in [7, 11) is 1.43. The van der Waals surface area contributed by atoms with Crippen LogP contribution < -0.4 is 20.1 Å². The van der Waals surface area contributed by atoms with E-state index in [1.807, 2.05) is 6.07 Å². The molecule has 36 heavy (non-hydrogen) atoms. The van der Waals surface area contributed by atoms with Crippen LogP contribution in [-0.2, 0) is 0 Å². The monoisotopic (exact) mass is 491 g/mol. The number of carbonyl (C=O) groups excluding carboxylic acids is 1. The summed E-state index contributed by atoms with van der Waals surface area (Å²) in [4.78, 5) is 23.6. The summed E-state index contributed by atoms with van der Waals surface area (Å²) in [6.45, 7) is 3.27. The van der Waals surface area contributed by atoms with E-state index in [4.69, 9.17) is 9.47 Å². The van der Waals surface area contributed by atoms with Gasteiger partial charge in [-0.2, -0.15) is 0 Å². The highest BCUT2D eigenvalue weighted by molar-refractivity contribution is 6.07. The maximum atomic E-state index is 14.5. The van der Waals surface area contributed by atoms with Crippen molar-refractivity contribution in [3.63, 3.8) is 0 Å². The number of benzene rings is 1. The van der Waals surface area contributed by atoms with E-state index in [1.54, 1.807) is 24.5 Å². The number of hydrogen-bond acceptors (Lipinski definition) is 6. The maximum Gasteiger partial charge on any atom is 0.255 e. The molecule has 2 aromatic heterocycles. The van der Waals surface area contributed by atoms with E-state index in [1.165, 1.54) is 19.6 Å². The van der Waals surface area contributed by atoms with Crippen LogP contribution in [0.5, 0.6) is 11.5 Å². The number of amides is 1. The fourth-order valence-electron chi connectivity index (χ4n) is 5.80. The molecule has 2 bridgehead atoms. The lowest BCUT2D eigenvalue weighted by atomic mass is 9.92. The fourth-order valence-corrected chi connectivity index (χ4v) is 5.80. The van der Waals surface area contributed by atoms with E-state index in [2.05, 4.69) is 25.5 Å². The largest absolute Gasteiger partial charge is 0.492 e. The third-order valence-electron chi connectivity index (χ3n) is 7.59. The molecule has 3 aliphatic rings. The van der Waals surface area contributed by atoms with Crippen molar-refractivity contribution in [2.24, 2.45) is 0 Å². The van der Waals surface area contributed by atoms with E-state index in [0.29, 0.717) is 47.6 Å². The molecule has 3 aliphatic heterocycles. The van der Waals surface area contributed by atoms with Crippen LogP contribution in [0, 0.1) is 5.82 Å². The molecule has 0 aliphatic carbocycles. The molecule has 6 rings (SSSR count). The van der Waals surface area contributed by atoms with Crippen LogP contribution in [0.3, 0.4) is 0 Å². The minimum absolute atomic E-state index is 0.0908. The highest BCUT2D eigenvalue weighted by Crippen LogP contribution is 2.44. The number of aromatic amines is 1. The topological polar surface area (TPSA) is 91.5 Å². The highest BCUT2D eigenvalue weighted by Gasteiger charge is 2.34. The Balaban J connectivity index is 1.51. The van der Waals surface area contributed by atoms with Gasteiger partial charge in [0.05, 0.1) is 35.9 Å². The van der Waals surface area contributed by atoms with Crippen LogP contribution in [0.2, 0.25) is 0 Å². The van der Waals surface area contributed by atoms with E-state index in [9.17, 15) is 9.18 Å². The van der Waals surface area contributed by atoms with Crippen LogP contribution >= 0.6 is 0 Å². The molecule has 0 radical (unpaired) electrons. The first-order valence-corrected chi connectivity index (χ1v) is 12.6. The molecule has 0 saturated carbocycles. The van der Waals surface area contributed by atoms with Crippen molar-refractivity contribution >= 4 is 17.3 Å². The van der Waals surface area contributed by atoms with Crippen molar-refractivity contribution in [2.75, 3.05) is 38.7 Å². The third-order valence-corrected chi connectivity index (χ3v) is 7.59. The highest BCUT2D eigenvalue weighted by atomic mass is 19.1. The molecule has 1 saturated heterocycles. The fraction of sp³-hybridized carbons (Fsp3) is 0.407. The summed E-state index contributed by atoms with van der Waals surface area (Å²) in [5.74, 6) is 0.243. The molecule has 5 heterocycles. The number of nitrogens with one attached hydrogen (secondary N) is 3. The van der Waals surface area contributed by atoms with Gasteiger partial charge in [-0.1, -0.05) is 6.07 Å². The molecular formula is C27H30FN5O3. The molecule has 1 aromatic carbocycles. The lowest BCUT2D eigenvalue weighted by Gasteiger charge is -2.27. The lowest BCUT2D eigenvalue weighted by molar-refractivity contribution is 0.0939. The molecule has 1 amide bonds. The number of para-hydroxylation sites is 1. The molecule has 3 N–H and O–H groups in total. The predicted octanol–water partition coefficient (Wildman–Crippen LogP) is 4.43. The summed E-state index contributed by atoms with van der Waals surface area (Å²) in [6, 6.07) is 6.97. The van der Waals surface area contributed by atoms with Gasteiger partial charge in [-0.25, -0.2) is 4.39 Å². The minimum atomic E-state index is -0.480. The average Bonchev–Trinajstić information content (AvgIpc) is 3.49. The van der Waals surface area contributed by atoms with Gasteiger partial charge in [0.1, 0.15) is 12.4 Å². The van der Waals surface area contributed by atoms with E-state index < -0.39 is 5.82 Å². The van der Waals surface area contributed by atoms with Crippen molar-refractivity contribution in [1.29, 1.82) is 0 Å². The van der Waals surface area contributed by atoms with Crippen molar-refractivity contribution in [3.05, 3.63) is 53.7 Å². The predicted molar refractivity (Wildman–Crippen MR) is 135 cm³/mol. The van der Waals surface area contributed by atoms with Gasteiger partial charge in [-0.05, 0) is 57.0 Å². The van der Waals surface area contributed by atoms with Gasteiger partial charge >= 0.3 is 0 Å². The van der Waals surface area contributed by atoms with Crippen molar-refractivity contribution < 1.29 is 18.7 Å². The van der Waals surface area contributed by atoms with Crippen LogP contribution in [0.15, 0.2) is 36.7 Å². The molecular weight excluding hydrogens is 461 g/mol. The standard InChI is InChI=1S/C27H30FN5O3/c1-35-26-19(28)7-2-8-20(26)31-25-22-23-16(13-30-27(22)34)5-3-11-33-12-4-6-17(33)15-36-21-14-29-10-9-18(21)24(25)32-23/h2,7-10,14,16-17,31-32H,3-6,11-13,15H2,1H3,(H,30,34)/t16?,17-/m1/s1. The molecule has 188 valence electrons. The van der Waals surface area contributed by atoms with Gasteiger partial charge < -0.3 is 25.1 Å². The lowest BCUT2D eigenvalue weighted by Crippen LogP contribution is -2.37. The maximum absolute atomic E-state index is 14.5. The first kappa shape index (κ1) is 22.8. The molecule has 0 spiro atoms. The number of hydrogen-bond donors (Lipinski definition) is 3. The van der Waals surface area contributed by atoms with Crippen LogP contribution in [0.1, 0.15) is 47.7 Å². The number of fused-ring (bicyclic) bond motifs is 4. The zero-order chi connectivity index (χ0) is 24.6. The SMILES string of the molecule is COc1c(F)cccc1Nc1c2[nH]c3c1C(=O)NCC3CCCN1CCC[C@@H]1COc1cnccc1-2. The van der Waals surface area contributed by atoms with Crippen LogP contribution in [0.4, 0.5) is 15.8 Å². The number of nitrogens with zero attached hydrogens (tertiary/aromatic N) is 2. The van der Waals surface area contributed by atoms with Gasteiger partial charge in [-0.15, -0.1) is 0 Å². The Morgan fingerprint density at radius 2 is 2.08 bits per heavy atom. The summed E-state index contributed by atoms with van der Waals surface area (Å²) in [5.41, 5.74) is 3.97. The second-order valence-corrected chi connectivity index (χ2v) is 9.67. The number of ether oxygens (including phenoxy) is 2. The van der Waals surface area contributed by atoms with Crippen molar-refractivity contribution in [2.45, 2.75) is 37.6 Å². The Bertz CT molecular complexity index is 1290. The Morgan fingerprint density at radius 1 is 1.22 bits per heavy atom. The summed E-state index contributed by atoms with van der Waals surface area (Å²) in [5, 5.41) is 6.40. The zero-order valence-electron chi connectivity index (χ0n) is 20.3. The Kier molecular flexibility index (Phi) is 6.00. The summed E-state index contributed by atoms with van der Waals surface area (Å²) in [6.07, 6.45) is 7.71. The number of carbonyl (C=O) groups is 1. The minimum Gasteiger partial charge on any atom is -0.492 e. The van der Waals surface area contributed by atoms with E-state index >= 15 is 0 Å². The van der Waals surface area contributed by atoms with Gasteiger partial charge in [-0.3, -0.25) is 14.7 Å². The van der Waals surface area contributed by atoms with Crippen LogP contribution in [-0.4, -0.2) is 60.2 Å². The Morgan fingerprint density at radius 3 is 2.94 bits per heavy atom. The number of aromatic nitrogens is 2. The molecule has 2 atom stereocenters. The number of halogens is 1. The van der Waals surface area contributed by atoms with Crippen LogP contribution in [0.25, 0.3) is 11.3 Å². The first-order chi connectivity index (χ1) is 17.6. The quantitative estimate of drug-likeness (QED) is 0.502. The van der Waals surface area contributed by atoms with Gasteiger partial charge in [0, 0.05) is 36.0 Å². The zero-order valence-corrected chi connectivity index (χ0v) is 20.3. The van der Waals surface area contributed by atoms with Gasteiger partial charge in [0.2, 0.25) is 0 Å².